The van der Waals surface area contributed by atoms with E-state index < -0.39 is 0 Å². The van der Waals surface area contributed by atoms with Crippen LogP contribution in [0, 0.1) is 6.92 Å². The van der Waals surface area contributed by atoms with Crippen LogP contribution in [0.1, 0.15) is 22.8 Å². The molecule has 4 rings (SSSR count). The van der Waals surface area contributed by atoms with E-state index in [1.807, 2.05) is 25.1 Å². The number of anilines is 1. The molecule has 2 heterocycles. The van der Waals surface area contributed by atoms with Gasteiger partial charge in [0.05, 0.1) is 23.4 Å². The number of amides is 1. The fourth-order valence-corrected chi connectivity index (χ4v) is 3.82. The van der Waals surface area contributed by atoms with Crippen LogP contribution in [0.5, 0.6) is 11.5 Å². The second-order valence-corrected chi connectivity index (χ2v) is 7.61. The molecule has 8 heteroatoms. The van der Waals surface area contributed by atoms with Gasteiger partial charge in [-0.3, -0.25) is 4.79 Å². The van der Waals surface area contributed by atoms with E-state index >= 15 is 0 Å². The molecule has 2 aromatic carbocycles. The minimum absolute atomic E-state index is 0.157. The summed E-state index contributed by atoms with van der Waals surface area (Å²) in [6, 6.07) is 12.4. The number of hydrogen-bond acceptors (Lipinski definition) is 7. The SMILES string of the molecule is CCOC(=O)c1ccc(NC(=O)CSc2nc3cc4c(cc3cc2C)OCO4)cc1. The third-order valence-corrected chi connectivity index (χ3v) is 5.57. The summed E-state index contributed by atoms with van der Waals surface area (Å²) in [5.74, 6) is 1.07. The lowest BCUT2D eigenvalue weighted by molar-refractivity contribution is -0.113. The van der Waals surface area contributed by atoms with Crippen LogP contribution in [0.15, 0.2) is 47.5 Å². The largest absolute Gasteiger partial charge is 0.462 e. The predicted molar refractivity (Wildman–Crippen MR) is 114 cm³/mol. The summed E-state index contributed by atoms with van der Waals surface area (Å²) in [5, 5.41) is 4.58. The molecule has 0 saturated heterocycles. The highest BCUT2D eigenvalue weighted by atomic mass is 32.2. The topological polar surface area (TPSA) is 86.8 Å². The van der Waals surface area contributed by atoms with Crippen molar-refractivity contribution < 1.29 is 23.8 Å². The Morgan fingerprint density at radius 1 is 1.13 bits per heavy atom. The Bertz CT molecular complexity index is 1110. The van der Waals surface area contributed by atoms with Gasteiger partial charge in [-0.05, 0) is 55.8 Å². The summed E-state index contributed by atoms with van der Waals surface area (Å²) in [6.07, 6.45) is 0. The lowest BCUT2D eigenvalue weighted by Crippen LogP contribution is -2.14. The number of esters is 1. The van der Waals surface area contributed by atoms with Crippen molar-refractivity contribution in [3.8, 4) is 11.5 Å². The fraction of sp³-hybridized carbons (Fsp3) is 0.227. The molecule has 30 heavy (non-hydrogen) atoms. The number of fused-ring (bicyclic) bond motifs is 2. The van der Waals surface area contributed by atoms with Crippen LogP contribution in [-0.4, -0.2) is 36.0 Å². The average molecular weight is 424 g/mol. The molecule has 0 unspecified atom stereocenters. The van der Waals surface area contributed by atoms with Gasteiger partial charge in [0.15, 0.2) is 11.5 Å². The first-order valence-corrected chi connectivity index (χ1v) is 10.4. The quantitative estimate of drug-likeness (QED) is 0.469. The summed E-state index contributed by atoms with van der Waals surface area (Å²) in [4.78, 5) is 28.7. The third kappa shape index (κ3) is 4.33. The number of ether oxygens (including phenoxy) is 3. The number of nitrogens with zero attached hydrogens (tertiary/aromatic N) is 1. The van der Waals surface area contributed by atoms with Crippen molar-refractivity contribution in [3.05, 3.63) is 53.6 Å². The molecule has 0 aliphatic carbocycles. The van der Waals surface area contributed by atoms with E-state index in [2.05, 4.69) is 10.3 Å². The molecule has 1 amide bonds. The molecular formula is C22H20N2O5S. The number of thioether (sulfide) groups is 1. The number of carbonyl (C=O) groups excluding carboxylic acids is 2. The minimum Gasteiger partial charge on any atom is -0.462 e. The van der Waals surface area contributed by atoms with Crippen LogP contribution >= 0.6 is 11.8 Å². The number of aryl methyl sites for hydroxylation is 1. The first-order chi connectivity index (χ1) is 14.5. The molecule has 0 fully saturated rings. The van der Waals surface area contributed by atoms with E-state index in [4.69, 9.17) is 14.2 Å². The molecule has 1 aliphatic heterocycles. The number of carbonyl (C=O) groups is 2. The van der Waals surface area contributed by atoms with Crippen molar-refractivity contribution in [1.82, 2.24) is 4.98 Å². The van der Waals surface area contributed by atoms with E-state index in [-0.39, 0.29) is 24.4 Å². The standard InChI is InChI=1S/C22H20N2O5S/c1-3-27-22(26)14-4-6-16(7-5-14)23-20(25)11-30-21-13(2)8-15-9-18-19(29-12-28-18)10-17(15)24-21/h4-10H,3,11-12H2,1-2H3,(H,23,25). The second-order valence-electron chi connectivity index (χ2n) is 6.64. The van der Waals surface area contributed by atoms with Crippen LogP contribution in [0.4, 0.5) is 5.69 Å². The van der Waals surface area contributed by atoms with Crippen molar-refractivity contribution in [2.24, 2.45) is 0 Å². The predicted octanol–water partition coefficient (Wildman–Crippen LogP) is 4.18. The maximum Gasteiger partial charge on any atom is 0.338 e. The van der Waals surface area contributed by atoms with Gasteiger partial charge in [0.2, 0.25) is 12.7 Å². The van der Waals surface area contributed by atoms with Gasteiger partial charge in [-0.2, -0.15) is 0 Å². The van der Waals surface area contributed by atoms with E-state index in [1.165, 1.54) is 11.8 Å². The summed E-state index contributed by atoms with van der Waals surface area (Å²) in [7, 11) is 0. The van der Waals surface area contributed by atoms with E-state index in [1.54, 1.807) is 31.2 Å². The lowest BCUT2D eigenvalue weighted by atomic mass is 10.1. The molecule has 154 valence electrons. The van der Waals surface area contributed by atoms with Crippen LogP contribution in [-0.2, 0) is 9.53 Å². The van der Waals surface area contributed by atoms with Crippen LogP contribution in [0.2, 0.25) is 0 Å². The molecule has 1 N–H and O–H groups in total. The Hall–Kier alpha value is -3.26. The smallest absolute Gasteiger partial charge is 0.338 e. The summed E-state index contributed by atoms with van der Waals surface area (Å²) >= 11 is 1.37. The normalized spacial score (nSPS) is 12.1. The Balaban J connectivity index is 1.40. The number of pyridine rings is 1. The molecule has 0 bridgehead atoms. The van der Waals surface area contributed by atoms with Crippen molar-refractivity contribution >= 4 is 40.2 Å². The molecule has 0 spiro atoms. The maximum atomic E-state index is 12.3. The number of rotatable bonds is 6. The molecule has 0 atom stereocenters. The monoisotopic (exact) mass is 424 g/mol. The van der Waals surface area contributed by atoms with E-state index in [9.17, 15) is 9.59 Å². The van der Waals surface area contributed by atoms with Crippen molar-refractivity contribution in [2.45, 2.75) is 18.9 Å². The molecule has 0 saturated carbocycles. The Labute approximate surface area is 177 Å². The first kappa shape index (κ1) is 20.0. The molecule has 0 radical (unpaired) electrons. The molecule has 1 aromatic heterocycles. The zero-order valence-electron chi connectivity index (χ0n) is 16.6. The molecule has 7 nitrogen and oxygen atoms in total. The van der Waals surface area contributed by atoms with Gasteiger partial charge in [-0.1, -0.05) is 11.8 Å². The number of benzene rings is 2. The Morgan fingerprint density at radius 2 is 1.87 bits per heavy atom. The second kappa shape index (κ2) is 8.62. The van der Waals surface area contributed by atoms with Gasteiger partial charge in [0, 0.05) is 17.1 Å². The van der Waals surface area contributed by atoms with Crippen LogP contribution in [0.25, 0.3) is 10.9 Å². The maximum absolute atomic E-state index is 12.3. The highest BCUT2D eigenvalue weighted by Crippen LogP contribution is 2.36. The van der Waals surface area contributed by atoms with Gasteiger partial charge in [-0.25, -0.2) is 9.78 Å². The van der Waals surface area contributed by atoms with Crippen molar-refractivity contribution in [2.75, 3.05) is 24.5 Å². The van der Waals surface area contributed by atoms with Gasteiger partial charge >= 0.3 is 5.97 Å². The first-order valence-electron chi connectivity index (χ1n) is 9.44. The van der Waals surface area contributed by atoms with Gasteiger partial charge in [0.25, 0.3) is 0 Å². The van der Waals surface area contributed by atoms with Crippen molar-refractivity contribution in [3.63, 3.8) is 0 Å². The average Bonchev–Trinajstić information content (AvgIpc) is 3.18. The molecule has 3 aromatic rings. The molecular weight excluding hydrogens is 404 g/mol. The Morgan fingerprint density at radius 3 is 2.60 bits per heavy atom. The van der Waals surface area contributed by atoms with Crippen molar-refractivity contribution in [1.29, 1.82) is 0 Å². The minimum atomic E-state index is -0.383. The van der Waals surface area contributed by atoms with E-state index in [0.29, 0.717) is 23.6 Å². The summed E-state index contributed by atoms with van der Waals surface area (Å²) < 4.78 is 15.8. The summed E-state index contributed by atoms with van der Waals surface area (Å²) in [6.45, 7) is 4.25. The van der Waals surface area contributed by atoms with Crippen LogP contribution < -0.4 is 14.8 Å². The van der Waals surface area contributed by atoms with Crippen LogP contribution in [0.3, 0.4) is 0 Å². The number of aromatic nitrogens is 1. The van der Waals surface area contributed by atoms with Gasteiger partial charge in [-0.15, -0.1) is 0 Å². The third-order valence-electron chi connectivity index (χ3n) is 4.47. The van der Waals surface area contributed by atoms with Gasteiger partial charge in [0.1, 0.15) is 5.03 Å². The highest BCUT2D eigenvalue weighted by molar-refractivity contribution is 8.00. The zero-order valence-corrected chi connectivity index (χ0v) is 17.4. The zero-order chi connectivity index (χ0) is 21.1. The molecule has 1 aliphatic rings. The number of hydrogen-bond donors (Lipinski definition) is 1. The Kier molecular flexibility index (Phi) is 5.76. The fourth-order valence-electron chi connectivity index (χ4n) is 3.03. The van der Waals surface area contributed by atoms with E-state index in [0.717, 1.165) is 27.2 Å². The lowest BCUT2D eigenvalue weighted by Gasteiger charge is -2.09. The number of nitrogens with one attached hydrogen (secondary N) is 1. The van der Waals surface area contributed by atoms with Gasteiger partial charge < -0.3 is 19.5 Å². The highest BCUT2D eigenvalue weighted by Gasteiger charge is 2.16. The summed E-state index contributed by atoms with van der Waals surface area (Å²) in [5.41, 5.74) is 2.84.